The summed E-state index contributed by atoms with van der Waals surface area (Å²) in [5, 5.41) is 16.4. The molecule has 0 spiro atoms. The molecule has 124 valence electrons. The molecule has 5 nitrogen and oxygen atoms in total. The topological polar surface area (TPSA) is 69.2 Å². The largest absolute Gasteiger partial charge is 0.395 e. The fraction of sp³-hybridized carbons (Fsp3) is 0.444. The second kappa shape index (κ2) is 7.92. The molecule has 1 amide bonds. The van der Waals surface area contributed by atoms with E-state index in [1.54, 1.807) is 4.90 Å². The van der Waals surface area contributed by atoms with Gasteiger partial charge in [-0.3, -0.25) is 9.89 Å². The lowest BCUT2D eigenvalue weighted by atomic mass is 9.95. The zero-order chi connectivity index (χ0) is 16.8. The Kier molecular flexibility index (Phi) is 5.93. The summed E-state index contributed by atoms with van der Waals surface area (Å²) >= 11 is 0. The molecule has 0 fully saturated rings. The van der Waals surface area contributed by atoms with Crippen molar-refractivity contribution in [1.29, 1.82) is 0 Å². The molecule has 0 saturated carbocycles. The van der Waals surface area contributed by atoms with Gasteiger partial charge in [0, 0.05) is 25.2 Å². The van der Waals surface area contributed by atoms with Gasteiger partial charge in [-0.25, -0.2) is 0 Å². The van der Waals surface area contributed by atoms with Crippen LogP contribution in [0.25, 0.3) is 0 Å². The number of rotatable bonds is 7. The summed E-state index contributed by atoms with van der Waals surface area (Å²) in [6.07, 6.45) is 0.411. The number of benzene rings is 1. The highest BCUT2D eigenvalue weighted by Gasteiger charge is 2.21. The smallest absolute Gasteiger partial charge is 0.223 e. The molecule has 0 bridgehead atoms. The summed E-state index contributed by atoms with van der Waals surface area (Å²) in [7, 11) is 0. The molecule has 1 aromatic heterocycles. The molecule has 5 heteroatoms. The van der Waals surface area contributed by atoms with Crippen LogP contribution in [0.15, 0.2) is 30.3 Å². The highest BCUT2D eigenvalue weighted by atomic mass is 16.3. The van der Waals surface area contributed by atoms with Crippen molar-refractivity contribution < 1.29 is 9.90 Å². The molecule has 1 atom stereocenters. The van der Waals surface area contributed by atoms with Crippen LogP contribution < -0.4 is 0 Å². The molecule has 1 heterocycles. The maximum atomic E-state index is 12.6. The predicted molar refractivity (Wildman–Crippen MR) is 90.0 cm³/mol. The number of H-pyrrole nitrogens is 1. The van der Waals surface area contributed by atoms with E-state index in [-0.39, 0.29) is 18.4 Å². The lowest BCUT2D eigenvalue weighted by Gasteiger charge is -2.24. The Morgan fingerprint density at radius 2 is 2.00 bits per heavy atom. The Morgan fingerprint density at radius 1 is 1.30 bits per heavy atom. The van der Waals surface area contributed by atoms with E-state index >= 15 is 0 Å². The molecular weight excluding hydrogens is 290 g/mol. The predicted octanol–water partition coefficient (Wildman–Crippen LogP) is 2.54. The Labute approximate surface area is 137 Å². The van der Waals surface area contributed by atoms with E-state index < -0.39 is 0 Å². The zero-order valence-electron chi connectivity index (χ0n) is 14.0. The molecular formula is C18H25N3O2. The number of nitrogens with zero attached hydrogens (tertiary/aromatic N) is 2. The Bertz CT molecular complexity index is 617. The van der Waals surface area contributed by atoms with Crippen molar-refractivity contribution in [1.82, 2.24) is 15.1 Å². The van der Waals surface area contributed by atoms with Gasteiger partial charge in [0.25, 0.3) is 0 Å². The quantitative estimate of drug-likeness (QED) is 0.825. The van der Waals surface area contributed by atoms with Crippen molar-refractivity contribution in [2.24, 2.45) is 0 Å². The number of hydrogen-bond donors (Lipinski definition) is 2. The first-order chi connectivity index (χ1) is 11.0. The third-order valence-corrected chi connectivity index (χ3v) is 4.10. The van der Waals surface area contributed by atoms with E-state index in [2.05, 4.69) is 10.2 Å². The summed E-state index contributed by atoms with van der Waals surface area (Å²) in [6, 6.07) is 9.85. The summed E-state index contributed by atoms with van der Waals surface area (Å²) in [4.78, 5) is 14.4. The number of hydrogen-bond acceptors (Lipinski definition) is 3. The summed E-state index contributed by atoms with van der Waals surface area (Å²) in [5.74, 6) is 0.147. The molecule has 0 aliphatic heterocycles. The van der Waals surface area contributed by atoms with Crippen molar-refractivity contribution in [2.75, 3.05) is 13.2 Å². The van der Waals surface area contributed by atoms with Crippen molar-refractivity contribution in [3.05, 3.63) is 52.8 Å². The molecule has 1 unspecified atom stereocenters. The molecule has 0 aliphatic rings. The van der Waals surface area contributed by atoms with Crippen LogP contribution in [-0.4, -0.2) is 39.3 Å². The summed E-state index contributed by atoms with van der Waals surface area (Å²) < 4.78 is 0. The van der Waals surface area contributed by atoms with Gasteiger partial charge in [-0.2, -0.15) is 5.10 Å². The summed E-state index contributed by atoms with van der Waals surface area (Å²) in [6.45, 7) is 6.82. The highest BCUT2D eigenvalue weighted by Crippen LogP contribution is 2.25. The van der Waals surface area contributed by atoms with E-state index in [1.807, 2.05) is 51.1 Å². The Morgan fingerprint density at radius 3 is 2.57 bits per heavy atom. The minimum Gasteiger partial charge on any atom is -0.395 e. The van der Waals surface area contributed by atoms with Gasteiger partial charge >= 0.3 is 0 Å². The third-order valence-electron chi connectivity index (χ3n) is 4.10. The van der Waals surface area contributed by atoms with Gasteiger partial charge in [-0.15, -0.1) is 0 Å². The maximum absolute atomic E-state index is 12.6. The van der Waals surface area contributed by atoms with E-state index in [9.17, 15) is 9.90 Å². The van der Waals surface area contributed by atoms with E-state index in [0.29, 0.717) is 19.5 Å². The second-order valence-electron chi connectivity index (χ2n) is 5.98. The highest BCUT2D eigenvalue weighted by molar-refractivity contribution is 5.77. The van der Waals surface area contributed by atoms with Crippen molar-refractivity contribution in [2.45, 2.75) is 39.7 Å². The first kappa shape index (κ1) is 17.2. The van der Waals surface area contributed by atoms with Crippen molar-refractivity contribution in [3.63, 3.8) is 0 Å². The van der Waals surface area contributed by atoms with Crippen LogP contribution in [0.4, 0.5) is 0 Å². The van der Waals surface area contributed by atoms with Gasteiger partial charge in [0.15, 0.2) is 0 Å². The Balaban J connectivity index is 2.06. The normalized spacial score (nSPS) is 12.2. The molecule has 2 N–H and O–H groups in total. The molecule has 0 radical (unpaired) electrons. The molecule has 2 rings (SSSR count). The third kappa shape index (κ3) is 4.42. The van der Waals surface area contributed by atoms with Crippen LogP contribution in [0.1, 0.15) is 41.8 Å². The number of aromatic amines is 1. The van der Waals surface area contributed by atoms with E-state index in [1.165, 1.54) is 0 Å². The number of aromatic nitrogens is 2. The van der Waals surface area contributed by atoms with Gasteiger partial charge in [0.1, 0.15) is 0 Å². The van der Waals surface area contributed by atoms with E-state index in [4.69, 9.17) is 0 Å². The van der Waals surface area contributed by atoms with Crippen LogP contribution in [0, 0.1) is 13.8 Å². The first-order valence-electron chi connectivity index (χ1n) is 7.97. The van der Waals surface area contributed by atoms with Gasteiger partial charge in [0.2, 0.25) is 5.91 Å². The van der Waals surface area contributed by atoms with Gasteiger partial charge < -0.3 is 10.0 Å². The second-order valence-corrected chi connectivity index (χ2v) is 5.98. The molecule has 0 saturated heterocycles. The molecule has 23 heavy (non-hydrogen) atoms. The van der Waals surface area contributed by atoms with Crippen LogP contribution in [0.2, 0.25) is 0 Å². The molecule has 2 aromatic rings. The maximum Gasteiger partial charge on any atom is 0.223 e. The van der Waals surface area contributed by atoms with Crippen LogP contribution in [0.3, 0.4) is 0 Å². The van der Waals surface area contributed by atoms with Crippen molar-refractivity contribution in [3.8, 4) is 0 Å². The van der Waals surface area contributed by atoms with E-state index in [0.717, 1.165) is 22.5 Å². The number of aryl methyl sites for hydroxylation is 2. The number of aliphatic hydroxyl groups excluding tert-OH is 1. The van der Waals surface area contributed by atoms with Crippen LogP contribution in [0.5, 0.6) is 0 Å². The fourth-order valence-corrected chi connectivity index (χ4v) is 3.00. The van der Waals surface area contributed by atoms with Gasteiger partial charge in [-0.05, 0) is 30.9 Å². The molecule has 0 aliphatic carbocycles. The number of carbonyl (C=O) groups is 1. The standard InChI is InChI=1S/C18H25N3O2/c1-13(18-14(2)19-20-15(18)3)11-17(23)21(9-10-22)12-16-7-5-4-6-8-16/h4-8,13,22H,9-12H2,1-3H3,(H,19,20). The number of nitrogens with one attached hydrogen (secondary N) is 1. The SMILES string of the molecule is Cc1n[nH]c(C)c1C(C)CC(=O)N(CCO)Cc1ccccc1. The van der Waals surface area contributed by atoms with Gasteiger partial charge in [0.05, 0.1) is 12.3 Å². The first-order valence-corrected chi connectivity index (χ1v) is 7.97. The van der Waals surface area contributed by atoms with Crippen LogP contribution in [-0.2, 0) is 11.3 Å². The Hall–Kier alpha value is -2.14. The number of carbonyl (C=O) groups excluding carboxylic acids is 1. The van der Waals surface area contributed by atoms with Gasteiger partial charge in [-0.1, -0.05) is 37.3 Å². The molecule has 1 aromatic carbocycles. The zero-order valence-corrected chi connectivity index (χ0v) is 14.0. The fourth-order valence-electron chi connectivity index (χ4n) is 3.00. The monoisotopic (exact) mass is 315 g/mol. The lowest BCUT2D eigenvalue weighted by Crippen LogP contribution is -2.33. The average molecular weight is 315 g/mol. The minimum absolute atomic E-state index is 0.0310. The number of aliphatic hydroxyl groups is 1. The average Bonchev–Trinajstić information content (AvgIpc) is 2.86. The number of amides is 1. The van der Waals surface area contributed by atoms with Crippen LogP contribution >= 0.6 is 0 Å². The minimum atomic E-state index is -0.0310. The summed E-state index contributed by atoms with van der Waals surface area (Å²) in [5.41, 5.74) is 4.14. The lowest BCUT2D eigenvalue weighted by molar-refractivity contribution is -0.132. The van der Waals surface area contributed by atoms with Crippen molar-refractivity contribution >= 4 is 5.91 Å².